The molecule has 0 bridgehead atoms. The van der Waals surface area contributed by atoms with Crippen LogP contribution in [-0.2, 0) is 23.1 Å². The number of nitrogens with zero attached hydrogens (tertiary/aromatic N) is 2. The van der Waals surface area contributed by atoms with E-state index >= 15 is 0 Å². The molecular formula is C12H14N4O2S2+2. The molecule has 2 atom stereocenters. The fourth-order valence-electron chi connectivity index (χ4n) is 1.73. The van der Waals surface area contributed by atoms with E-state index in [0.717, 1.165) is 11.4 Å². The molecule has 0 amide bonds. The molecule has 0 aliphatic carbocycles. The Kier molecular flexibility index (Phi) is 4.01. The molecule has 0 saturated carbocycles. The van der Waals surface area contributed by atoms with Crippen molar-refractivity contribution >= 4 is 34.5 Å². The van der Waals surface area contributed by atoms with Gasteiger partial charge in [-0.1, -0.05) is 36.4 Å². The van der Waals surface area contributed by atoms with Crippen molar-refractivity contribution in [2.75, 3.05) is 8.83 Å². The van der Waals surface area contributed by atoms with Gasteiger partial charge in [0.2, 0.25) is 0 Å². The van der Waals surface area contributed by atoms with Gasteiger partial charge in [0.15, 0.2) is 0 Å². The standard InChI is InChI=1S/C12H14N4O2S2/c17-19-14-16(12-9-5-2-6-10-12)20(18)13-15(19)11-7-3-1-4-8-11/h1-10,13-14,17-18H/q+2. The molecule has 1 fully saturated rings. The summed E-state index contributed by atoms with van der Waals surface area (Å²) in [4.78, 5) is 5.75. The molecule has 1 saturated heterocycles. The van der Waals surface area contributed by atoms with E-state index < -0.39 is 23.1 Å². The zero-order valence-corrected chi connectivity index (χ0v) is 12.0. The Labute approximate surface area is 123 Å². The Bertz CT molecular complexity index is 508. The topological polar surface area (TPSA) is 71.0 Å². The second kappa shape index (κ2) is 5.92. The first kappa shape index (κ1) is 13.6. The van der Waals surface area contributed by atoms with Gasteiger partial charge in [-0.05, 0) is 33.1 Å². The molecule has 1 aliphatic heterocycles. The van der Waals surface area contributed by atoms with Crippen molar-refractivity contribution in [3.8, 4) is 0 Å². The number of rotatable bonds is 2. The van der Waals surface area contributed by atoms with Crippen molar-refractivity contribution in [2.45, 2.75) is 0 Å². The molecular weight excluding hydrogens is 296 g/mol. The SMILES string of the molecule is O[S+]1NN(c2ccccc2)[S+](O)NN1c1ccccc1. The summed E-state index contributed by atoms with van der Waals surface area (Å²) in [5, 5.41) is 0. The van der Waals surface area contributed by atoms with Gasteiger partial charge in [-0.2, -0.15) is 0 Å². The van der Waals surface area contributed by atoms with Crippen LogP contribution in [0.1, 0.15) is 0 Å². The van der Waals surface area contributed by atoms with Crippen molar-refractivity contribution in [3.63, 3.8) is 0 Å². The average molecular weight is 310 g/mol. The van der Waals surface area contributed by atoms with E-state index in [2.05, 4.69) is 9.66 Å². The largest absolute Gasteiger partial charge is 0.412 e. The molecule has 104 valence electrons. The lowest BCUT2D eigenvalue weighted by Gasteiger charge is -2.25. The number of para-hydroxylation sites is 2. The Hall–Kier alpha value is -1.42. The zero-order chi connectivity index (χ0) is 13.9. The summed E-state index contributed by atoms with van der Waals surface area (Å²) in [5.74, 6) is 0. The monoisotopic (exact) mass is 310 g/mol. The van der Waals surface area contributed by atoms with Gasteiger partial charge in [0, 0.05) is 0 Å². The lowest BCUT2D eigenvalue weighted by atomic mass is 10.3. The van der Waals surface area contributed by atoms with Gasteiger partial charge in [0.25, 0.3) is 0 Å². The molecule has 20 heavy (non-hydrogen) atoms. The lowest BCUT2D eigenvalue weighted by Crippen LogP contribution is -2.66. The van der Waals surface area contributed by atoms with Crippen LogP contribution >= 0.6 is 0 Å². The Morgan fingerprint density at radius 1 is 0.650 bits per heavy atom. The van der Waals surface area contributed by atoms with Crippen LogP contribution in [0.4, 0.5) is 11.4 Å². The lowest BCUT2D eigenvalue weighted by molar-refractivity contribution is 0.579. The second-order valence-electron chi connectivity index (χ2n) is 3.97. The van der Waals surface area contributed by atoms with Crippen LogP contribution in [-0.4, -0.2) is 9.11 Å². The predicted molar refractivity (Wildman–Crippen MR) is 84.1 cm³/mol. The summed E-state index contributed by atoms with van der Waals surface area (Å²) in [6, 6.07) is 18.7. The summed E-state index contributed by atoms with van der Waals surface area (Å²) in [6.07, 6.45) is 0. The first-order valence-corrected chi connectivity index (χ1v) is 8.13. The number of hydrogen-bond acceptors (Lipinski definition) is 6. The van der Waals surface area contributed by atoms with Gasteiger partial charge in [0.05, 0.1) is 9.66 Å². The van der Waals surface area contributed by atoms with Gasteiger partial charge in [0.1, 0.15) is 11.4 Å². The maximum Gasteiger partial charge on any atom is 0.412 e. The maximum absolute atomic E-state index is 10.2. The molecule has 3 rings (SSSR count). The minimum atomic E-state index is -1.29. The summed E-state index contributed by atoms with van der Waals surface area (Å²) in [6.45, 7) is 0. The molecule has 2 aromatic rings. The third-order valence-corrected chi connectivity index (χ3v) is 4.88. The molecule has 1 heterocycles. The molecule has 6 nitrogen and oxygen atoms in total. The van der Waals surface area contributed by atoms with E-state index in [-0.39, 0.29) is 0 Å². The van der Waals surface area contributed by atoms with Crippen LogP contribution in [0.2, 0.25) is 0 Å². The Morgan fingerprint density at radius 2 is 1.00 bits per heavy atom. The smallest absolute Gasteiger partial charge is 0.140 e. The van der Waals surface area contributed by atoms with Crippen LogP contribution in [0.5, 0.6) is 0 Å². The maximum atomic E-state index is 10.2. The Morgan fingerprint density at radius 3 is 1.35 bits per heavy atom. The second-order valence-corrected chi connectivity index (χ2v) is 6.12. The van der Waals surface area contributed by atoms with Crippen LogP contribution in [0.25, 0.3) is 0 Å². The van der Waals surface area contributed by atoms with Crippen molar-refractivity contribution < 1.29 is 9.11 Å². The van der Waals surface area contributed by atoms with E-state index in [9.17, 15) is 9.11 Å². The molecule has 0 radical (unpaired) electrons. The third-order valence-electron chi connectivity index (χ3n) is 2.66. The number of hydrogen-bond donors (Lipinski definition) is 4. The number of anilines is 2. The van der Waals surface area contributed by atoms with Gasteiger partial charge in [-0.25, -0.2) is 0 Å². The van der Waals surface area contributed by atoms with E-state index in [4.69, 9.17) is 0 Å². The predicted octanol–water partition coefficient (Wildman–Crippen LogP) is 1.86. The first-order chi connectivity index (χ1) is 9.75. The summed E-state index contributed by atoms with van der Waals surface area (Å²) in [5.41, 5.74) is 1.54. The van der Waals surface area contributed by atoms with Gasteiger partial charge in [-0.3, -0.25) is 0 Å². The number of hydrazine groups is 2. The van der Waals surface area contributed by atoms with E-state index in [0.29, 0.717) is 0 Å². The summed E-state index contributed by atoms with van der Waals surface area (Å²) in [7, 11) is 0. The molecule has 1 aliphatic rings. The summed E-state index contributed by atoms with van der Waals surface area (Å²) >= 11 is -2.57. The zero-order valence-electron chi connectivity index (χ0n) is 10.4. The van der Waals surface area contributed by atoms with Crippen molar-refractivity contribution in [1.82, 2.24) is 9.66 Å². The van der Waals surface area contributed by atoms with Crippen molar-refractivity contribution in [2.24, 2.45) is 0 Å². The normalized spacial score (nSPS) is 22.9. The van der Waals surface area contributed by atoms with Gasteiger partial charge in [-0.15, -0.1) is 9.11 Å². The van der Waals surface area contributed by atoms with Crippen molar-refractivity contribution in [1.29, 1.82) is 0 Å². The number of benzene rings is 2. The van der Waals surface area contributed by atoms with E-state index in [1.54, 1.807) is 0 Å². The van der Waals surface area contributed by atoms with Gasteiger partial charge < -0.3 is 0 Å². The highest BCUT2D eigenvalue weighted by Gasteiger charge is 2.50. The quantitative estimate of drug-likeness (QED) is 0.635. The fraction of sp³-hybridized carbons (Fsp3) is 0. The van der Waals surface area contributed by atoms with Crippen LogP contribution in [0.15, 0.2) is 60.7 Å². The molecule has 8 heteroatoms. The van der Waals surface area contributed by atoms with Crippen LogP contribution in [0.3, 0.4) is 0 Å². The minimum Gasteiger partial charge on any atom is -0.140 e. The Balaban J connectivity index is 1.80. The van der Waals surface area contributed by atoms with Crippen LogP contribution < -0.4 is 18.5 Å². The molecule has 2 aromatic carbocycles. The van der Waals surface area contributed by atoms with E-state index in [1.165, 1.54) is 8.83 Å². The fourth-order valence-corrected chi connectivity index (χ4v) is 4.01. The minimum absolute atomic E-state index is 0.769. The molecule has 0 aromatic heterocycles. The highest BCUT2D eigenvalue weighted by molar-refractivity contribution is 7.97. The highest BCUT2D eigenvalue weighted by Crippen LogP contribution is 2.23. The highest BCUT2D eigenvalue weighted by atomic mass is 32.2. The van der Waals surface area contributed by atoms with Crippen molar-refractivity contribution in [3.05, 3.63) is 60.7 Å². The van der Waals surface area contributed by atoms with Gasteiger partial charge >= 0.3 is 23.1 Å². The molecule has 0 spiro atoms. The van der Waals surface area contributed by atoms with Crippen LogP contribution in [0, 0.1) is 0 Å². The van der Waals surface area contributed by atoms with E-state index in [1.807, 2.05) is 60.7 Å². The number of nitrogens with one attached hydrogen (secondary N) is 2. The molecule has 4 N–H and O–H groups in total. The first-order valence-electron chi connectivity index (χ1n) is 5.85. The molecule has 2 unspecified atom stereocenters. The average Bonchev–Trinajstić information content (AvgIpc) is 2.51. The summed E-state index contributed by atoms with van der Waals surface area (Å²) < 4.78 is 23.4. The third kappa shape index (κ3) is 2.70.